The molecule has 0 aliphatic heterocycles. The number of aromatic nitrogens is 5. The number of carbonyl (C=O) groups is 1. The van der Waals surface area contributed by atoms with Crippen LogP contribution < -0.4 is 0 Å². The van der Waals surface area contributed by atoms with Gasteiger partial charge in [0.2, 0.25) is 5.16 Å². The number of nitrogens with zero attached hydrogens (tertiary/aromatic N) is 5. The van der Waals surface area contributed by atoms with Gasteiger partial charge in [-0.3, -0.25) is 4.79 Å². The van der Waals surface area contributed by atoms with Crippen molar-refractivity contribution in [3.8, 4) is 0 Å². The van der Waals surface area contributed by atoms with E-state index in [9.17, 15) is 18.0 Å². The molecule has 0 aliphatic carbocycles. The van der Waals surface area contributed by atoms with Gasteiger partial charge in [-0.25, -0.2) is 9.97 Å². The molecular formula is C22H17ClF3N5O2S. The molecule has 4 aromatic rings. The van der Waals surface area contributed by atoms with Gasteiger partial charge in [-0.1, -0.05) is 41.9 Å². The molecule has 0 unspecified atom stereocenters. The van der Waals surface area contributed by atoms with Gasteiger partial charge in [-0.15, -0.1) is 5.10 Å². The summed E-state index contributed by atoms with van der Waals surface area (Å²) in [5, 5.41) is 4.50. The number of carbonyl (C=O) groups excluding carboxylic acids is 1. The Balaban J connectivity index is 1.68. The molecule has 1 atom stereocenters. The van der Waals surface area contributed by atoms with Crippen molar-refractivity contribution >= 4 is 35.1 Å². The van der Waals surface area contributed by atoms with Crippen molar-refractivity contribution in [1.82, 2.24) is 24.6 Å². The lowest BCUT2D eigenvalue weighted by Crippen LogP contribution is -2.21. The van der Waals surface area contributed by atoms with Crippen molar-refractivity contribution in [2.45, 2.75) is 35.6 Å². The number of pyridine rings is 1. The lowest BCUT2D eigenvalue weighted by molar-refractivity contribution is -0.145. The lowest BCUT2D eigenvalue weighted by Gasteiger charge is -2.16. The highest BCUT2D eigenvalue weighted by Gasteiger charge is 2.32. The van der Waals surface area contributed by atoms with Gasteiger partial charge in [0.25, 0.3) is 5.78 Å². The molecule has 0 saturated carbocycles. The molecule has 0 spiro atoms. The van der Waals surface area contributed by atoms with Crippen LogP contribution >= 0.6 is 23.4 Å². The average Bonchev–Trinajstić information content (AvgIpc) is 3.22. The number of rotatable bonds is 7. The van der Waals surface area contributed by atoms with Gasteiger partial charge in [-0.05, 0) is 42.8 Å². The Labute approximate surface area is 201 Å². The summed E-state index contributed by atoms with van der Waals surface area (Å²) in [6.07, 6.45) is -1.98. The average molecular weight is 508 g/mol. The van der Waals surface area contributed by atoms with Crippen molar-refractivity contribution in [1.29, 1.82) is 0 Å². The molecule has 1 aromatic carbocycles. The molecule has 0 radical (unpaired) electrons. The maximum absolute atomic E-state index is 12.9. The zero-order valence-corrected chi connectivity index (χ0v) is 19.2. The van der Waals surface area contributed by atoms with E-state index in [0.29, 0.717) is 18.3 Å². The SMILES string of the molecule is CCOC(=O)[C@@H](Cc1ccccc1)c1ccnc2nc(Sc3ncc(C(F)(F)F)cc3Cl)nn12. The van der Waals surface area contributed by atoms with Crippen LogP contribution in [0, 0.1) is 0 Å². The van der Waals surface area contributed by atoms with E-state index in [0.717, 1.165) is 23.4 Å². The number of halogens is 4. The number of esters is 1. The Morgan fingerprint density at radius 1 is 1.21 bits per heavy atom. The number of ether oxygens (including phenoxy) is 1. The molecule has 0 aliphatic rings. The minimum atomic E-state index is -4.55. The first kappa shape index (κ1) is 24.0. The summed E-state index contributed by atoms with van der Waals surface area (Å²) in [5.74, 6) is -0.887. The van der Waals surface area contributed by atoms with Crippen LogP contribution in [0.5, 0.6) is 0 Å². The summed E-state index contributed by atoms with van der Waals surface area (Å²) in [6, 6.07) is 11.9. The van der Waals surface area contributed by atoms with E-state index in [2.05, 4.69) is 20.1 Å². The normalized spacial score (nSPS) is 12.6. The zero-order valence-electron chi connectivity index (χ0n) is 17.7. The van der Waals surface area contributed by atoms with Crippen LogP contribution in [0.1, 0.15) is 29.7 Å². The summed E-state index contributed by atoms with van der Waals surface area (Å²) in [5.41, 5.74) is 0.492. The Hall–Kier alpha value is -3.18. The summed E-state index contributed by atoms with van der Waals surface area (Å²) in [6.45, 7) is 1.94. The molecule has 12 heteroatoms. The second kappa shape index (κ2) is 9.98. The van der Waals surface area contributed by atoms with Crippen LogP contribution in [0.3, 0.4) is 0 Å². The molecule has 0 saturated heterocycles. The molecule has 0 amide bonds. The largest absolute Gasteiger partial charge is 0.465 e. The summed E-state index contributed by atoms with van der Waals surface area (Å²) in [7, 11) is 0. The fraction of sp³-hybridized carbons (Fsp3) is 0.227. The van der Waals surface area contributed by atoms with Gasteiger partial charge < -0.3 is 4.74 Å². The number of alkyl halides is 3. The van der Waals surface area contributed by atoms with E-state index < -0.39 is 23.6 Å². The Kier molecular flexibility index (Phi) is 7.03. The van der Waals surface area contributed by atoms with Crippen LogP contribution in [-0.4, -0.2) is 37.1 Å². The predicted octanol–water partition coefficient (Wildman–Crippen LogP) is 5.23. The van der Waals surface area contributed by atoms with Crippen molar-refractivity contribution in [2.75, 3.05) is 6.61 Å². The van der Waals surface area contributed by atoms with Crippen molar-refractivity contribution in [3.63, 3.8) is 0 Å². The van der Waals surface area contributed by atoms with E-state index in [1.807, 2.05) is 30.3 Å². The summed E-state index contributed by atoms with van der Waals surface area (Å²) in [4.78, 5) is 25.1. The second-order valence-electron chi connectivity index (χ2n) is 7.08. The quantitative estimate of drug-likeness (QED) is 0.317. The number of fused-ring (bicyclic) bond motifs is 1. The summed E-state index contributed by atoms with van der Waals surface area (Å²) >= 11 is 6.90. The van der Waals surface area contributed by atoms with Crippen molar-refractivity contribution < 1.29 is 22.7 Å². The molecule has 0 bridgehead atoms. The monoisotopic (exact) mass is 507 g/mol. The van der Waals surface area contributed by atoms with Crippen molar-refractivity contribution in [2.24, 2.45) is 0 Å². The minimum Gasteiger partial charge on any atom is -0.465 e. The molecule has 3 heterocycles. The molecule has 4 rings (SSSR count). The van der Waals surface area contributed by atoms with Gasteiger partial charge in [0.1, 0.15) is 10.9 Å². The molecular weight excluding hydrogens is 491 g/mol. The van der Waals surface area contributed by atoms with Gasteiger partial charge >= 0.3 is 12.1 Å². The molecule has 3 aromatic heterocycles. The van der Waals surface area contributed by atoms with Gasteiger partial charge in [0, 0.05) is 12.4 Å². The van der Waals surface area contributed by atoms with Crippen LogP contribution in [0.2, 0.25) is 5.02 Å². The number of hydrogen-bond acceptors (Lipinski definition) is 7. The topological polar surface area (TPSA) is 82.3 Å². The summed E-state index contributed by atoms with van der Waals surface area (Å²) < 4.78 is 45.4. The Bertz CT molecular complexity index is 1320. The van der Waals surface area contributed by atoms with Gasteiger partial charge in [-0.2, -0.15) is 22.7 Å². The third-order valence-corrected chi connectivity index (χ3v) is 6.06. The van der Waals surface area contributed by atoms with Crippen LogP contribution in [-0.2, 0) is 22.1 Å². The van der Waals surface area contributed by atoms with E-state index in [-0.39, 0.29) is 27.6 Å². The Morgan fingerprint density at radius 3 is 2.65 bits per heavy atom. The van der Waals surface area contributed by atoms with E-state index in [4.69, 9.17) is 16.3 Å². The third-order valence-electron chi connectivity index (χ3n) is 4.78. The molecule has 0 fully saturated rings. The maximum atomic E-state index is 12.9. The highest BCUT2D eigenvalue weighted by Crippen LogP contribution is 2.35. The van der Waals surface area contributed by atoms with E-state index in [1.54, 1.807) is 13.0 Å². The fourth-order valence-corrected chi connectivity index (χ4v) is 4.21. The standard InChI is InChI=1S/C22H17ClF3N5O2S/c1-2-33-19(32)15(10-13-6-4-3-5-7-13)17-8-9-27-20-29-21(30-31(17)20)34-18-16(23)11-14(12-28-18)22(24,25)26/h3-9,11-12,15H,2,10H2,1H3/t15-/m0/s1. The van der Waals surface area contributed by atoms with E-state index >= 15 is 0 Å². The smallest absolute Gasteiger partial charge is 0.417 e. The second-order valence-corrected chi connectivity index (χ2v) is 8.44. The molecule has 176 valence electrons. The number of benzene rings is 1. The first-order valence-electron chi connectivity index (χ1n) is 10.1. The highest BCUT2D eigenvalue weighted by atomic mass is 35.5. The third kappa shape index (κ3) is 5.31. The van der Waals surface area contributed by atoms with E-state index in [1.165, 1.54) is 10.7 Å². The van der Waals surface area contributed by atoms with Crippen LogP contribution in [0.15, 0.2) is 65.0 Å². The predicted molar refractivity (Wildman–Crippen MR) is 119 cm³/mol. The van der Waals surface area contributed by atoms with Crippen LogP contribution in [0.25, 0.3) is 5.78 Å². The molecule has 34 heavy (non-hydrogen) atoms. The highest BCUT2D eigenvalue weighted by molar-refractivity contribution is 7.99. The van der Waals surface area contributed by atoms with Crippen LogP contribution in [0.4, 0.5) is 13.2 Å². The van der Waals surface area contributed by atoms with Gasteiger partial charge in [0.05, 0.1) is 22.9 Å². The lowest BCUT2D eigenvalue weighted by atomic mass is 9.96. The minimum absolute atomic E-state index is 0.110. The first-order chi connectivity index (χ1) is 16.3. The number of hydrogen-bond donors (Lipinski definition) is 0. The van der Waals surface area contributed by atoms with Crippen molar-refractivity contribution in [3.05, 3.63) is 76.7 Å². The molecule has 0 N–H and O–H groups in total. The maximum Gasteiger partial charge on any atom is 0.417 e. The first-order valence-corrected chi connectivity index (χ1v) is 11.3. The fourth-order valence-electron chi connectivity index (χ4n) is 3.24. The Morgan fingerprint density at radius 2 is 1.97 bits per heavy atom. The zero-order chi connectivity index (χ0) is 24.3. The van der Waals surface area contributed by atoms with Gasteiger partial charge in [0.15, 0.2) is 0 Å². The molecule has 7 nitrogen and oxygen atoms in total.